The van der Waals surface area contributed by atoms with Gasteiger partial charge >= 0.3 is 18.0 Å². The monoisotopic (exact) mass is 367 g/mol. The van der Waals surface area contributed by atoms with Gasteiger partial charge in [-0.3, -0.25) is 14.4 Å². The molecule has 0 aromatic rings. The maximum atomic E-state index is 12.8. The van der Waals surface area contributed by atoms with Crippen molar-refractivity contribution >= 4 is 23.9 Å². The molecule has 0 radical (unpaired) electrons. The summed E-state index contributed by atoms with van der Waals surface area (Å²) >= 11 is 0. The molecule has 1 heterocycles. The van der Waals surface area contributed by atoms with Crippen molar-refractivity contribution in [2.45, 2.75) is 39.7 Å². The number of hydrogen-bond donors (Lipinski definition) is 0. The van der Waals surface area contributed by atoms with Crippen LogP contribution in [0.2, 0.25) is 0 Å². The first-order chi connectivity index (χ1) is 12.0. The maximum Gasteiger partial charge on any atom is 0.417 e. The van der Waals surface area contributed by atoms with Crippen LogP contribution in [-0.4, -0.2) is 55.2 Å². The van der Waals surface area contributed by atoms with Crippen LogP contribution in [0.15, 0.2) is 11.6 Å². The van der Waals surface area contributed by atoms with E-state index in [9.17, 15) is 19.2 Å². The third-order valence-corrected chi connectivity index (χ3v) is 4.82. The van der Waals surface area contributed by atoms with Gasteiger partial charge in [0, 0.05) is 17.5 Å². The first-order valence-corrected chi connectivity index (χ1v) is 8.37. The number of amides is 2. The minimum absolute atomic E-state index is 0.0696. The Bertz CT molecular complexity index is 676. The first-order valence-electron chi connectivity index (χ1n) is 8.37. The molecule has 2 amide bonds. The number of ether oxygens (including phenoxy) is 3. The van der Waals surface area contributed by atoms with Gasteiger partial charge in [-0.25, -0.2) is 9.69 Å². The van der Waals surface area contributed by atoms with Gasteiger partial charge < -0.3 is 14.2 Å². The molecule has 2 rings (SSSR count). The molecule has 1 fully saturated rings. The molecule has 0 unspecified atom stereocenters. The summed E-state index contributed by atoms with van der Waals surface area (Å²) in [4.78, 5) is 50.8. The number of fused-ring (bicyclic) bond motifs is 1. The third kappa shape index (κ3) is 3.32. The Morgan fingerprint density at radius 1 is 1.15 bits per heavy atom. The summed E-state index contributed by atoms with van der Waals surface area (Å²) in [6, 6.07) is 0. The van der Waals surface area contributed by atoms with E-state index >= 15 is 0 Å². The van der Waals surface area contributed by atoms with Crippen LogP contribution in [0.5, 0.6) is 0 Å². The van der Waals surface area contributed by atoms with Crippen LogP contribution in [0.1, 0.15) is 34.1 Å². The first kappa shape index (κ1) is 19.9. The zero-order valence-electron chi connectivity index (χ0n) is 16.0. The number of hydrogen-bond acceptors (Lipinski definition) is 7. The Hall–Kier alpha value is -2.38. The predicted molar refractivity (Wildman–Crippen MR) is 89.8 cm³/mol. The highest BCUT2D eigenvalue weighted by molar-refractivity contribution is 6.07. The molecule has 1 aliphatic heterocycles. The zero-order chi connectivity index (χ0) is 19.9. The lowest BCUT2D eigenvalue weighted by molar-refractivity contribution is -0.162. The van der Waals surface area contributed by atoms with E-state index in [0.29, 0.717) is 5.57 Å². The van der Waals surface area contributed by atoms with Gasteiger partial charge in [0.2, 0.25) is 0 Å². The van der Waals surface area contributed by atoms with Gasteiger partial charge in [-0.15, -0.1) is 0 Å². The number of likely N-dealkylation sites (tertiary alicyclic amines) is 1. The molecule has 8 nitrogen and oxygen atoms in total. The van der Waals surface area contributed by atoms with Crippen LogP contribution >= 0.6 is 0 Å². The van der Waals surface area contributed by atoms with Crippen molar-refractivity contribution in [1.29, 1.82) is 0 Å². The van der Waals surface area contributed by atoms with Crippen LogP contribution in [0, 0.1) is 17.3 Å². The Morgan fingerprint density at radius 2 is 1.73 bits per heavy atom. The highest BCUT2D eigenvalue weighted by Crippen LogP contribution is 2.50. The SMILES string of the molecule is COC(=O)[C@H]1CC=C2C(=O)N(C(=O)OC(C)(C)C)C[C@]2(C)[C@@H]1C(=O)OC. The Balaban J connectivity index is 2.43. The van der Waals surface area contributed by atoms with Crippen LogP contribution in [0.4, 0.5) is 4.79 Å². The fraction of sp³-hybridized carbons (Fsp3) is 0.667. The lowest BCUT2D eigenvalue weighted by atomic mass is 9.63. The van der Waals surface area contributed by atoms with E-state index in [4.69, 9.17) is 14.2 Å². The van der Waals surface area contributed by atoms with Crippen molar-refractivity contribution in [3.8, 4) is 0 Å². The van der Waals surface area contributed by atoms with Gasteiger partial charge in [0.05, 0.1) is 26.1 Å². The highest BCUT2D eigenvalue weighted by atomic mass is 16.6. The van der Waals surface area contributed by atoms with Gasteiger partial charge in [0.15, 0.2) is 0 Å². The minimum atomic E-state index is -1.06. The second-order valence-corrected chi connectivity index (χ2v) is 7.77. The molecular weight excluding hydrogens is 342 g/mol. The van der Waals surface area contributed by atoms with Crippen molar-refractivity contribution in [3.63, 3.8) is 0 Å². The van der Waals surface area contributed by atoms with Gasteiger partial charge in [-0.05, 0) is 27.2 Å². The standard InChI is InChI=1S/C18H25NO7/c1-17(2,3)26-16(23)19-9-18(4)11(13(19)20)8-7-10(14(21)24-5)12(18)15(22)25-6/h8,10,12H,7,9H2,1-6H3/t10-,12-,18-/m0/s1. The molecule has 2 aliphatic rings. The number of esters is 2. The van der Waals surface area contributed by atoms with Crippen molar-refractivity contribution in [2.24, 2.45) is 17.3 Å². The molecule has 0 aromatic carbocycles. The van der Waals surface area contributed by atoms with Gasteiger partial charge in [-0.1, -0.05) is 13.0 Å². The summed E-state index contributed by atoms with van der Waals surface area (Å²) < 4.78 is 15.0. The molecule has 1 aliphatic carbocycles. The molecule has 0 spiro atoms. The quantitative estimate of drug-likeness (QED) is 0.541. The van der Waals surface area contributed by atoms with Crippen LogP contribution in [0.3, 0.4) is 0 Å². The average Bonchev–Trinajstić information content (AvgIpc) is 2.82. The van der Waals surface area contributed by atoms with Crippen LogP contribution in [-0.2, 0) is 28.6 Å². The molecule has 0 N–H and O–H groups in total. The van der Waals surface area contributed by atoms with E-state index in [-0.39, 0.29) is 13.0 Å². The van der Waals surface area contributed by atoms with Crippen molar-refractivity contribution in [2.75, 3.05) is 20.8 Å². The van der Waals surface area contributed by atoms with E-state index in [2.05, 4.69) is 0 Å². The fourth-order valence-corrected chi connectivity index (χ4v) is 3.69. The van der Waals surface area contributed by atoms with E-state index in [1.165, 1.54) is 14.2 Å². The van der Waals surface area contributed by atoms with Gasteiger partial charge in [0.25, 0.3) is 5.91 Å². The minimum Gasteiger partial charge on any atom is -0.469 e. The number of allylic oxidation sites excluding steroid dienone is 1. The van der Waals surface area contributed by atoms with Gasteiger partial charge in [0.1, 0.15) is 5.60 Å². The summed E-state index contributed by atoms with van der Waals surface area (Å²) in [7, 11) is 2.46. The van der Waals surface area contributed by atoms with Gasteiger partial charge in [-0.2, -0.15) is 0 Å². The summed E-state index contributed by atoms with van der Waals surface area (Å²) in [6.07, 6.45) is 0.983. The second kappa shape index (κ2) is 6.74. The summed E-state index contributed by atoms with van der Waals surface area (Å²) in [5.74, 6) is -3.41. The summed E-state index contributed by atoms with van der Waals surface area (Å²) in [5, 5.41) is 0. The normalized spacial score (nSPS) is 28.2. The molecule has 0 bridgehead atoms. The predicted octanol–water partition coefficient (Wildman–Crippen LogP) is 1.68. The molecular formula is C18H25NO7. The lowest BCUT2D eigenvalue weighted by Gasteiger charge is -2.39. The molecule has 0 aromatic heterocycles. The maximum absolute atomic E-state index is 12.8. The molecule has 0 saturated carbocycles. The van der Waals surface area contributed by atoms with Crippen molar-refractivity contribution in [1.82, 2.24) is 4.90 Å². The third-order valence-electron chi connectivity index (χ3n) is 4.82. The average molecular weight is 367 g/mol. The number of nitrogens with zero attached hydrogens (tertiary/aromatic N) is 1. The molecule has 8 heteroatoms. The smallest absolute Gasteiger partial charge is 0.417 e. The second-order valence-electron chi connectivity index (χ2n) is 7.77. The van der Waals surface area contributed by atoms with Crippen LogP contribution < -0.4 is 0 Å². The molecule has 144 valence electrons. The van der Waals surface area contributed by atoms with Crippen molar-refractivity contribution < 1.29 is 33.4 Å². The van der Waals surface area contributed by atoms with Crippen LogP contribution in [0.25, 0.3) is 0 Å². The highest BCUT2D eigenvalue weighted by Gasteiger charge is 2.59. The van der Waals surface area contributed by atoms with E-state index < -0.39 is 46.8 Å². The number of methoxy groups -OCH3 is 2. The Morgan fingerprint density at radius 3 is 2.23 bits per heavy atom. The van der Waals surface area contributed by atoms with E-state index in [0.717, 1.165) is 4.90 Å². The van der Waals surface area contributed by atoms with E-state index in [1.807, 2.05) is 0 Å². The number of rotatable bonds is 2. The zero-order valence-corrected chi connectivity index (χ0v) is 16.0. The van der Waals surface area contributed by atoms with Crippen molar-refractivity contribution in [3.05, 3.63) is 11.6 Å². The van der Waals surface area contributed by atoms with E-state index in [1.54, 1.807) is 33.8 Å². The number of carbonyl (C=O) groups is 4. The lowest BCUT2D eigenvalue weighted by Crippen LogP contribution is -2.47. The Kier molecular flexibility index (Phi) is 5.17. The molecule has 26 heavy (non-hydrogen) atoms. The summed E-state index contributed by atoms with van der Waals surface area (Å²) in [6.45, 7) is 6.70. The Labute approximate surface area is 152 Å². The topological polar surface area (TPSA) is 99.2 Å². The number of imide groups is 1. The number of carbonyl (C=O) groups excluding carboxylic acids is 4. The largest absolute Gasteiger partial charge is 0.469 e. The summed E-state index contributed by atoms with van der Waals surface area (Å²) in [5.41, 5.74) is -1.51. The molecule has 1 saturated heterocycles. The fourth-order valence-electron chi connectivity index (χ4n) is 3.69. The molecule has 3 atom stereocenters.